The van der Waals surface area contributed by atoms with E-state index in [2.05, 4.69) is 15.9 Å². The van der Waals surface area contributed by atoms with E-state index in [0.29, 0.717) is 19.5 Å². The molecule has 1 aromatic carbocycles. The van der Waals surface area contributed by atoms with Gasteiger partial charge in [-0.1, -0.05) is 11.6 Å². The van der Waals surface area contributed by atoms with Gasteiger partial charge in [-0.3, -0.25) is 0 Å². The van der Waals surface area contributed by atoms with E-state index in [-0.39, 0.29) is 14.9 Å². The SMILES string of the molecule is CC1=CCCN(S(=O)(=O)c2ccc(C(=O)O)cc2Br)C1. The van der Waals surface area contributed by atoms with Crippen LogP contribution in [0.3, 0.4) is 0 Å². The Morgan fingerprint density at radius 2 is 2.10 bits per heavy atom. The fraction of sp³-hybridized carbons (Fsp3) is 0.308. The summed E-state index contributed by atoms with van der Waals surface area (Å²) in [6.07, 6.45) is 2.71. The highest BCUT2D eigenvalue weighted by Crippen LogP contribution is 2.28. The molecule has 0 atom stereocenters. The van der Waals surface area contributed by atoms with Crippen LogP contribution in [-0.4, -0.2) is 36.9 Å². The van der Waals surface area contributed by atoms with Gasteiger partial charge in [0.15, 0.2) is 0 Å². The number of rotatable bonds is 3. The zero-order chi connectivity index (χ0) is 14.9. The van der Waals surface area contributed by atoms with Crippen molar-refractivity contribution >= 4 is 31.9 Å². The van der Waals surface area contributed by atoms with Crippen molar-refractivity contribution in [1.82, 2.24) is 4.31 Å². The summed E-state index contributed by atoms with van der Waals surface area (Å²) in [6, 6.07) is 3.94. The smallest absolute Gasteiger partial charge is 0.335 e. The maximum absolute atomic E-state index is 12.6. The average molecular weight is 360 g/mol. The Morgan fingerprint density at radius 3 is 2.65 bits per heavy atom. The molecule has 108 valence electrons. The highest BCUT2D eigenvalue weighted by molar-refractivity contribution is 9.10. The first kappa shape index (κ1) is 15.2. The lowest BCUT2D eigenvalue weighted by atomic mass is 10.2. The maximum atomic E-state index is 12.6. The molecule has 0 unspecified atom stereocenters. The molecule has 1 aliphatic rings. The van der Waals surface area contributed by atoms with E-state index in [0.717, 1.165) is 5.57 Å². The zero-order valence-corrected chi connectivity index (χ0v) is 13.2. The van der Waals surface area contributed by atoms with Crippen molar-refractivity contribution < 1.29 is 18.3 Å². The van der Waals surface area contributed by atoms with Crippen LogP contribution in [0.15, 0.2) is 39.2 Å². The van der Waals surface area contributed by atoms with E-state index >= 15 is 0 Å². The van der Waals surface area contributed by atoms with Gasteiger partial charge in [0.2, 0.25) is 10.0 Å². The average Bonchev–Trinajstić information content (AvgIpc) is 2.38. The Bertz CT molecular complexity index is 682. The minimum atomic E-state index is -3.62. The van der Waals surface area contributed by atoms with Gasteiger partial charge in [-0.2, -0.15) is 4.31 Å². The van der Waals surface area contributed by atoms with Gasteiger partial charge in [0.05, 0.1) is 10.5 Å². The molecule has 1 aromatic rings. The van der Waals surface area contributed by atoms with Crippen LogP contribution in [0.2, 0.25) is 0 Å². The molecule has 0 saturated carbocycles. The van der Waals surface area contributed by atoms with Gasteiger partial charge >= 0.3 is 5.97 Å². The van der Waals surface area contributed by atoms with Crippen LogP contribution >= 0.6 is 15.9 Å². The van der Waals surface area contributed by atoms with E-state index in [9.17, 15) is 13.2 Å². The number of carboxylic acids is 1. The van der Waals surface area contributed by atoms with Crippen LogP contribution < -0.4 is 0 Å². The van der Waals surface area contributed by atoms with Gasteiger partial charge in [0, 0.05) is 17.6 Å². The topological polar surface area (TPSA) is 74.7 Å². The molecule has 20 heavy (non-hydrogen) atoms. The van der Waals surface area contributed by atoms with Gasteiger partial charge in [-0.15, -0.1) is 0 Å². The summed E-state index contributed by atoms with van der Waals surface area (Å²) in [5.41, 5.74) is 1.06. The van der Waals surface area contributed by atoms with Crippen molar-refractivity contribution in [1.29, 1.82) is 0 Å². The highest BCUT2D eigenvalue weighted by atomic mass is 79.9. The van der Waals surface area contributed by atoms with E-state index in [4.69, 9.17) is 5.11 Å². The molecule has 5 nitrogen and oxygen atoms in total. The summed E-state index contributed by atoms with van der Waals surface area (Å²) in [5, 5.41) is 8.90. The minimum Gasteiger partial charge on any atom is -0.478 e. The largest absolute Gasteiger partial charge is 0.478 e. The van der Waals surface area contributed by atoms with Gasteiger partial charge in [-0.25, -0.2) is 13.2 Å². The molecule has 0 fully saturated rings. The molecule has 1 N–H and O–H groups in total. The van der Waals surface area contributed by atoms with Crippen LogP contribution in [0.5, 0.6) is 0 Å². The molecule has 1 aliphatic heterocycles. The molecule has 7 heteroatoms. The number of hydrogen-bond donors (Lipinski definition) is 1. The summed E-state index contributed by atoms with van der Waals surface area (Å²) >= 11 is 3.15. The van der Waals surface area contributed by atoms with Crippen LogP contribution in [-0.2, 0) is 10.0 Å². The molecule has 1 heterocycles. The third-order valence-corrected chi connectivity index (χ3v) is 5.92. The Balaban J connectivity index is 2.40. The number of benzene rings is 1. The lowest BCUT2D eigenvalue weighted by molar-refractivity contribution is 0.0696. The Hall–Kier alpha value is -1.18. The van der Waals surface area contributed by atoms with Gasteiger partial charge in [-0.05, 0) is 47.5 Å². The van der Waals surface area contributed by atoms with E-state index < -0.39 is 16.0 Å². The summed E-state index contributed by atoms with van der Waals surface area (Å²) in [5.74, 6) is -1.09. The van der Waals surface area contributed by atoms with Crippen LogP contribution in [0.1, 0.15) is 23.7 Å². The molecule has 0 radical (unpaired) electrons. The molecule has 0 aromatic heterocycles. The summed E-state index contributed by atoms with van der Waals surface area (Å²) in [4.78, 5) is 11.0. The lowest BCUT2D eigenvalue weighted by Crippen LogP contribution is -2.35. The fourth-order valence-corrected chi connectivity index (χ4v) is 4.60. The first-order valence-electron chi connectivity index (χ1n) is 6.01. The summed E-state index contributed by atoms with van der Waals surface area (Å²) in [6.45, 7) is 2.70. The molecule has 0 spiro atoms. The molecule has 0 saturated heterocycles. The molecule has 0 amide bonds. The highest BCUT2D eigenvalue weighted by Gasteiger charge is 2.28. The first-order chi connectivity index (χ1) is 9.32. The number of carboxylic acid groups (broad SMARTS) is 1. The van der Waals surface area contributed by atoms with E-state index in [1.54, 1.807) is 0 Å². The monoisotopic (exact) mass is 359 g/mol. The molecule has 0 bridgehead atoms. The Labute approximate surface area is 126 Å². The molecule has 2 rings (SSSR count). The normalized spacial score (nSPS) is 16.8. The Kier molecular flexibility index (Phi) is 4.31. The fourth-order valence-electron chi connectivity index (χ4n) is 2.06. The standard InChI is InChI=1S/C13H14BrNO4S/c1-9-3-2-6-15(8-9)20(18,19)12-5-4-10(13(16)17)7-11(12)14/h3-5,7H,2,6,8H2,1H3,(H,16,17). The maximum Gasteiger partial charge on any atom is 0.335 e. The van der Waals surface area contributed by atoms with Crippen LogP contribution in [0.4, 0.5) is 0 Å². The van der Waals surface area contributed by atoms with Gasteiger partial charge < -0.3 is 5.11 Å². The third kappa shape index (κ3) is 2.94. The number of halogens is 1. The number of carbonyl (C=O) groups is 1. The number of hydrogen-bond acceptors (Lipinski definition) is 3. The van der Waals surface area contributed by atoms with Crippen molar-refractivity contribution in [3.05, 3.63) is 39.9 Å². The quantitative estimate of drug-likeness (QED) is 0.841. The van der Waals surface area contributed by atoms with Gasteiger partial charge in [0.1, 0.15) is 0 Å². The van der Waals surface area contributed by atoms with Crippen molar-refractivity contribution in [3.8, 4) is 0 Å². The molecular weight excluding hydrogens is 346 g/mol. The summed E-state index contributed by atoms with van der Waals surface area (Å²) < 4.78 is 26.8. The molecule has 0 aliphatic carbocycles. The number of aromatic carboxylic acids is 1. The number of nitrogens with zero attached hydrogens (tertiary/aromatic N) is 1. The minimum absolute atomic E-state index is 0.0468. The first-order valence-corrected chi connectivity index (χ1v) is 8.24. The second-order valence-corrected chi connectivity index (χ2v) is 7.39. The number of sulfonamides is 1. The third-order valence-electron chi connectivity index (χ3n) is 3.09. The second-order valence-electron chi connectivity index (χ2n) is 4.63. The molecular formula is C13H14BrNO4S. The predicted molar refractivity (Wildman–Crippen MR) is 78.2 cm³/mol. The van der Waals surface area contributed by atoms with Crippen molar-refractivity contribution in [2.24, 2.45) is 0 Å². The van der Waals surface area contributed by atoms with Gasteiger partial charge in [0.25, 0.3) is 0 Å². The zero-order valence-electron chi connectivity index (χ0n) is 10.8. The van der Waals surface area contributed by atoms with Crippen molar-refractivity contribution in [3.63, 3.8) is 0 Å². The van der Waals surface area contributed by atoms with Crippen LogP contribution in [0.25, 0.3) is 0 Å². The predicted octanol–water partition coefficient (Wildman–Crippen LogP) is 2.49. The Morgan fingerprint density at radius 1 is 1.40 bits per heavy atom. The van der Waals surface area contributed by atoms with E-state index in [1.807, 2.05) is 13.0 Å². The second kappa shape index (κ2) is 5.67. The van der Waals surface area contributed by atoms with Crippen molar-refractivity contribution in [2.75, 3.05) is 13.1 Å². The van der Waals surface area contributed by atoms with E-state index in [1.165, 1.54) is 22.5 Å². The summed E-state index contributed by atoms with van der Waals surface area (Å²) in [7, 11) is -3.62. The van der Waals surface area contributed by atoms with Crippen molar-refractivity contribution in [2.45, 2.75) is 18.2 Å². The van der Waals surface area contributed by atoms with Crippen LogP contribution in [0, 0.1) is 0 Å². The lowest BCUT2D eigenvalue weighted by Gasteiger charge is -2.25.